The van der Waals surface area contributed by atoms with Crippen molar-refractivity contribution in [2.75, 3.05) is 13.1 Å². The molecule has 0 bridgehead atoms. The summed E-state index contributed by atoms with van der Waals surface area (Å²) in [5.74, 6) is -0.0621. The number of rotatable bonds is 3. The fourth-order valence-electron chi connectivity index (χ4n) is 3.57. The molecule has 2 aromatic heterocycles. The highest BCUT2D eigenvalue weighted by atomic mass is 19.1. The van der Waals surface area contributed by atoms with E-state index in [1.165, 1.54) is 12.1 Å². The largest absolute Gasteiger partial charge is 0.338 e. The molecule has 4 nitrogen and oxygen atoms in total. The standard InChI is InChI=1S/C22H20FN3O/c23-19-6-1-4-17(14-19)20-7-2-8-21(25-20)18-5-3-13-26(15-18)22(27)16-9-11-24-12-10-16/h1-2,4,6-12,14,18H,3,5,13,15H2/t18-/m0/s1. The number of piperidine rings is 1. The van der Waals surface area contributed by atoms with Crippen LogP contribution in [0.3, 0.4) is 0 Å². The summed E-state index contributed by atoms with van der Waals surface area (Å²) in [5, 5.41) is 0. The van der Waals surface area contributed by atoms with E-state index < -0.39 is 0 Å². The molecule has 3 aromatic rings. The van der Waals surface area contributed by atoms with Gasteiger partial charge in [0.2, 0.25) is 0 Å². The second-order valence-corrected chi connectivity index (χ2v) is 6.78. The van der Waals surface area contributed by atoms with Crippen LogP contribution in [0, 0.1) is 5.82 Å². The molecule has 1 atom stereocenters. The Morgan fingerprint density at radius 2 is 1.89 bits per heavy atom. The third-order valence-electron chi connectivity index (χ3n) is 4.95. The summed E-state index contributed by atoms with van der Waals surface area (Å²) in [7, 11) is 0. The van der Waals surface area contributed by atoms with Gasteiger partial charge in [0.25, 0.3) is 5.91 Å². The predicted octanol–water partition coefficient (Wildman–Crippen LogP) is 4.30. The van der Waals surface area contributed by atoms with Crippen LogP contribution in [-0.4, -0.2) is 33.9 Å². The smallest absolute Gasteiger partial charge is 0.253 e. The molecule has 1 aromatic carbocycles. The van der Waals surface area contributed by atoms with Crippen LogP contribution in [0.15, 0.2) is 67.0 Å². The molecule has 136 valence electrons. The van der Waals surface area contributed by atoms with E-state index in [2.05, 4.69) is 4.98 Å². The second-order valence-electron chi connectivity index (χ2n) is 6.78. The first-order valence-electron chi connectivity index (χ1n) is 9.13. The topological polar surface area (TPSA) is 46.1 Å². The van der Waals surface area contributed by atoms with E-state index in [9.17, 15) is 9.18 Å². The fraction of sp³-hybridized carbons (Fsp3) is 0.227. The molecule has 0 unspecified atom stereocenters. The van der Waals surface area contributed by atoms with Gasteiger partial charge in [0, 0.05) is 48.2 Å². The van der Waals surface area contributed by atoms with Crippen molar-refractivity contribution in [2.24, 2.45) is 0 Å². The number of amides is 1. The number of pyridine rings is 2. The highest BCUT2D eigenvalue weighted by Crippen LogP contribution is 2.28. The van der Waals surface area contributed by atoms with Gasteiger partial charge in [-0.1, -0.05) is 18.2 Å². The molecular weight excluding hydrogens is 341 g/mol. The lowest BCUT2D eigenvalue weighted by Gasteiger charge is -2.32. The Morgan fingerprint density at radius 1 is 1.07 bits per heavy atom. The molecule has 0 N–H and O–H groups in total. The van der Waals surface area contributed by atoms with E-state index in [1.807, 2.05) is 29.2 Å². The lowest BCUT2D eigenvalue weighted by Crippen LogP contribution is -2.39. The first-order chi connectivity index (χ1) is 13.2. The quantitative estimate of drug-likeness (QED) is 0.699. The molecule has 27 heavy (non-hydrogen) atoms. The van der Waals surface area contributed by atoms with E-state index in [1.54, 1.807) is 30.6 Å². The van der Waals surface area contributed by atoms with Crippen molar-refractivity contribution < 1.29 is 9.18 Å². The van der Waals surface area contributed by atoms with E-state index in [-0.39, 0.29) is 17.6 Å². The van der Waals surface area contributed by atoms with Crippen LogP contribution >= 0.6 is 0 Å². The van der Waals surface area contributed by atoms with Gasteiger partial charge in [0.15, 0.2) is 0 Å². The SMILES string of the molecule is O=C(c1ccncc1)N1CCC[C@H](c2cccc(-c3cccc(F)c3)n2)C1. The molecule has 1 fully saturated rings. The average Bonchev–Trinajstić information content (AvgIpc) is 2.74. The third kappa shape index (κ3) is 3.87. The monoisotopic (exact) mass is 361 g/mol. The maximum absolute atomic E-state index is 13.5. The van der Waals surface area contributed by atoms with E-state index in [0.29, 0.717) is 12.1 Å². The number of carbonyl (C=O) groups is 1. The number of hydrogen-bond acceptors (Lipinski definition) is 3. The molecule has 1 aliphatic heterocycles. The van der Waals surface area contributed by atoms with Crippen molar-refractivity contribution in [3.8, 4) is 11.3 Å². The lowest BCUT2D eigenvalue weighted by molar-refractivity contribution is 0.0706. The molecule has 1 aliphatic rings. The summed E-state index contributed by atoms with van der Waals surface area (Å²) in [6.45, 7) is 1.39. The Hall–Kier alpha value is -3.08. The Bertz CT molecular complexity index is 945. The first kappa shape index (κ1) is 17.3. The summed E-state index contributed by atoms with van der Waals surface area (Å²) < 4.78 is 13.5. The van der Waals surface area contributed by atoms with Gasteiger partial charge in [-0.2, -0.15) is 0 Å². The van der Waals surface area contributed by atoms with E-state index in [0.717, 1.165) is 36.3 Å². The van der Waals surface area contributed by atoms with Crippen molar-refractivity contribution in [3.05, 3.63) is 84.1 Å². The van der Waals surface area contributed by atoms with Crippen molar-refractivity contribution in [1.82, 2.24) is 14.9 Å². The van der Waals surface area contributed by atoms with Gasteiger partial charge in [-0.25, -0.2) is 4.39 Å². The number of aromatic nitrogens is 2. The number of likely N-dealkylation sites (tertiary alicyclic amines) is 1. The minimum Gasteiger partial charge on any atom is -0.338 e. The molecule has 3 heterocycles. The van der Waals surface area contributed by atoms with Crippen LogP contribution in [0.1, 0.15) is 34.8 Å². The highest BCUT2D eigenvalue weighted by Gasteiger charge is 2.26. The van der Waals surface area contributed by atoms with E-state index in [4.69, 9.17) is 4.98 Å². The molecule has 1 amide bonds. The fourth-order valence-corrected chi connectivity index (χ4v) is 3.57. The summed E-state index contributed by atoms with van der Waals surface area (Å²) >= 11 is 0. The predicted molar refractivity (Wildman–Crippen MR) is 102 cm³/mol. The number of halogens is 1. The summed E-state index contributed by atoms with van der Waals surface area (Å²) in [4.78, 5) is 23.4. The zero-order valence-corrected chi connectivity index (χ0v) is 14.9. The Labute approximate surface area is 157 Å². The molecule has 0 aliphatic carbocycles. The van der Waals surface area contributed by atoms with Crippen molar-refractivity contribution in [2.45, 2.75) is 18.8 Å². The number of nitrogens with zero attached hydrogens (tertiary/aromatic N) is 3. The second kappa shape index (κ2) is 7.66. The Balaban J connectivity index is 1.55. The van der Waals surface area contributed by atoms with Gasteiger partial charge < -0.3 is 4.90 Å². The van der Waals surface area contributed by atoms with Gasteiger partial charge in [0.05, 0.1) is 5.69 Å². The summed E-state index contributed by atoms with van der Waals surface area (Å²) in [5.41, 5.74) is 3.12. The van der Waals surface area contributed by atoms with Crippen LogP contribution in [0.4, 0.5) is 4.39 Å². The van der Waals surface area contributed by atoms with Crippen LogP contribution in [-0.2, 0) is 0 Å². The number of carbonyl (C=O) groups excluding carboxylic acids is 1. The zero-order chi connectivity index (χ0) is 18.6. The molecular formula is C22H20FN3O. The van der Waals surface area contributed by atoms with Gasteiger partial charge in [0.1, 0.15) is 5.82 Å². The van der Waals surface area contributed by atoms with Gasteiger partial charge in [-0.15, -0.1) is 0 Å². The third-order valence-corrected chi connectivity index (χ3v) is 4.95. The molecule has 0 saturated carbocycles. The minimum absolute atomic E-state index is 0.0309. The lowest BCUT2D eigenvalue weighted by atomic mass is 9.93. The van der Waals surface area contributed by atoms with Gasteiger partial charge >= 0.3 is 0 Å². The minimum atomic E-state index is -0.272. The molecule has 0 radical (unpaired) electrons. The summed E-state index contributed by atoms with van der Waals surface area (Å²) in [6, 6.07) is 15.8. The maximum Gasteiger partial charge on any atom is 0.253 e. The Morgan fingerprint density at radius 3 is 2.70 bits per heavy atom. The maximum atomic E-state index is 13.5. The number of hydrogen-bond donors (Lipinski definition) is 0. The summed E-state index contributed by atoms with van der Waals surface area (Å²) in [6.07, 6.45) is 5.20. The van der Waals surface area contributed by atoms with Crippen LogP contribution < -0.4 is 0 Å². The van der Waals surface area contributed by atoms with Gasteiger partial charge in [-0.3, -0.25) is 14.8 Å². The van der Waals surface area contributed by atoms with Crippen molar-refractivity contribution in [3.63, 3.8) is 0 Å². The van der Waals surface area contributed by atoms with Crippen LogP contribution in [0.25, 0.3) is 11.3 Å². The van der Waals surface area contributed by atoms with Crippen LogP contribution in [0.5, 0.6) is 0 Å². The molecule has 1 saturated heterocycles. The molecule has 0 spiro atoms. The highest BCUT2D eigenvalue weighted by molar-refractivity contribution is 5.94. The first-order valence-corrected chi connectivity index (χ1v) is 9.13. The number of benzene rings is 1. The Kier molecular flexibility index (Phi) is 4.92. The van der Waals surface area contributed by atoms with Crippen molar-refractivity contribution in [1.29, 1.82) is 0 Å². The van der Waals surface area contributed by atoms with Gasteiger partial charge in [-0.05, 0) is 49.2 Å². The average molecular weight is 361 g/mol. The van der Waals surface area contributed by atoms with Crippen molar-refractivity contribution >= 4 is 5.91 Å². The molecule has 4 rings (SSSR count). The zero-order valence-electron chi connectivity index (χ0n) is 14.9. The van der Waals surface area contributed by atoms with Crippen LogP contribution in [0.2, 0.25) is 0 Å². The van der Waals surface area contributed by atoms with E-state index >= 15 is 0 Å². The normalized spacial score (nSPS) is 16.9. The molecule has 5 heteroatoms.